The zero-order valence-electron chi connectivity index (χ0n) is 20.7. The molecule has 1 aliphatic rings. The summed E-state index contributed by atoms with van der Waals surface area (Å²) >= 11 is 0. The molecule has 0 saturated carbocycles. The first kappa shape index (κ1) is 27.3. The number of pyridine rings is 1. The second kappa shape index (κ2) is 12.2. The Morgan fingerprint density at radius 2 is 1.82 bits per heavy atom. The number of ether oxygens (including phenoxy) is 2. The van der Waals surface area contributed by atoms with Crippen molar-refractivity contribution in [3.63, 3.8) is 0 Å². The third kappa shape index (κ3) is 6.57. The second-order valence-corrected chi connectivity index (χ2v) is 9.10. The Morgan fingerprint density at radius 1 is 1.05 bits per heavy atom. The number of nitrogens with one attached hydrogen (secondary N) is 2. The number of nitrogens with zero attached hydrogens (tertiary/aromatic N) is 1. The maximum Gasteiger partial charge on any atom is 0.319 e. The van der Waals surface area contributed by atoms with E-state index in [1.54, 1.807) is 43.6 Å². The lowest BCUT2D eigenvalue weighted by Gasteiger charge is -2.39. The molecular weight excluding hydrogens is 494 g/mol. The fourth-order valence-corrected chi connectivity index (χ4v) is 4.16. The molecule has 0 aliphatic carbocycles. The monoisotopic (exact) mass is 525 g/mol. The number of carbonyl (C=O) groups is 1. The van der Waals surface area contributed by atoms with Crippen molar-refractivity contribution in [2.45, 2.75) is 50.6 Å². The van der Waals surface area contributed by atoms with Crippen LogP contribution in [0.15, 0.2) is 60.9 Å². The van der Waals surface area contributed by atoms with Crippen molar-refractivity contribution in [3.8, 4) is 11.5 Å². The zero-order valence-corrected chi connectivity index (χ0v) is 20.7. The summed E-state index contributed by atoms with van der Waals surface area (Å²) in [6, 6.07) is 13.4. The van der Waals surface area contributed by atoms with Crippen molar-refractivity contribution in [1.82, 2.24) is 10.3 Å². The van der Waals surface area contributed by atoms with E-state index >= 15 is 0 Å². The van der Waals surface area contributed by atoms with Crippen molar-refractivity contribution in [3.05, 3.63) is 83.2 Å². The van der Waals surface area contributed by atoms with E-state index in [4.69, 9.17) is 9.47 Å². The lowest BCUT2D eigenvalue weighted by molar-refractivity contribution is -0.277. The Labute approximate surface area is 219 Å². The largest absolute Gasteiger partial charge is 0.508 e. The van der Waals surface area contributed by atoms with Gasteiger partial charge in [-0.15, -0.1) is 0 Å². The number of benzene rings is 2. The molecule has 4 rings (SSSR count). The van der Waals surface area contributed by atoms with E-state index in [0.717, 1.165) is 11.1 Å². The highest BCUT2D eigenvalue weighted by molar-refractivity contribution is 5.89. The maximum atomic E-state index is 12.2. The van der Waals surface area contributed by atoms with Crippen LogP contribution in [-0.2, 0) is 17.7 Å². The number of phenols is 1. The average molecular weight is 526 g/mol. The minimum absolute atomic E-state index is 0.0670. The van der Waals surface area contributed by atoms with Crippen molar-refractivity contribution in [2.75, 3.05) is 11.9 Å². The van der Waals surface area contributed by atoms with E-state index in [-0.39, 0.29) is 17.5 Å². The third-order valence-electron chi connectivity index (χ3n) is 6.28. The van der Waals surface area contributed by atoms with Crippen LogP contribution in [0.2, 0.25) is 0 Å². The van der Waals surface area contributed by atoms with E-state index in [1.165, 1.54) is 6.07 Å². The van der Waals surface area contributed by atoms with E-state index in [0.29, 0.717) is 29.8 Å². The van der Waals surface area contributed by atoms with Crippen LogP contribution in [0.5, 0.6) is 11.5 Å². The highest BCUT2D eigenvalue weighted by Gasteiger charge is 2.45. The van der Waals surface area contributed by atoms with Crippen LogP contribution < -0.4 is 15.4 Å². The molecule has 11 nitrogen and oxygen atoms in total. The molecule has 0 unspecified atom stereocenters. The number of carbonyl (C=O) groups excluding carboxylic acids is 1. The first-order valence-corrected chi connectivity index (χ1v) is 12.1. The summed E-state index contributed by atoms with van der Waals surface area (Å²) in [5, 5.41) is 55.6. The standard InChI is InChI=1S/C27H31N3O8/c1-15-9-19(32)11-21(37-26-25(35)24(34)23(33)22(14-31)38-26)20(15)10-16-4-6-18(7-5-16)30-27(36)29-13-17-3-2-8-28-12-17/h2-9,11-12,22-26,31-35H,10,13-14H2,1H3,(H2,29,30,36)/t22-,23-,24+,25-,26-/m1/s1. The molecule has 0 bridgehead atoms. The molecular formula is C27H31N3O8. The fourth-order valence-electron chi connectivity index (χ4n) is 4.16. The summed E-state index contributed by atoms with van der Waals surface area (Å²) in [6.45, 7) is 1.55. The molecule has 5 atom stereocenters. The van der Waals surface area contributed by atoms with Gasteiger partial charge in [-0.25, -0.2) is 4.79 Å². The first-order chi connectivity index (χ1) is 18.2. The van der Waals surface area contributed by atoms with Gasteiger partial charge in [0.1, 0.15) is 35.9 Å². The van der Waals surface area contributed by atoms with Gasteiger partial charge in [0.2, 0.25) is 6.29 Å². The molecule has 11 heteroatoms. The highest BCUT2D eigenvalue weighted by atomic mass is 16.7. The van der Waals surface area contributed by atoms with Crippen LogP contribution in [0.4, 0.5) is 10.5 Å². The van der Waals surface area contributed by atoms with Crippen molar-refractivity contribution in [1.29, 1.82) is 0 Å². The number of anilines is 1. The predicted octanol–water partition coefficient (Wildman–Crippen LogP) is 1.19. The van der Waals surface area contributed by atoms with E-state index in [1.807, 2.05) is 18.2 Å². The van der Waals surface area contributed by atoms with Gasteiger partial charge in [-0.05, 0) is 47.9 Å². The van der Waals surface area contributed by atoms with E-state index < -0.39 is 37.3 Å². The number of aryl methyl sites for hydroxylation is 1. The Bertz CT molecular complexity index is 1220. The molecule has 0 radical (unpaired) electrons. The summed E-state index contributed by atoms with van der Waals surface area (Å²) in [7, 11) is 0. The highest BCUT2D eigenvalue weighted by Crippen LogP contribution is 2.33. The molecule has 0 spiro atoms. The van der Waals surface area contributed by atoms with Crippen molar-refractivity contribution >= 4 is 11.7 Å². The first-order valence-electron chi connectivity index (χ1n) is 12.1. The lowest BCUT2D eigenvalue weighted by atomic mass is 9.98. The topological polar surface area (TPSA) is 174 Å². The molecule has 1 fully saturated rings. The van der Waals surface area contributed by atoms with Crippen LogP contribution in [-0.4, -0.2) is 73.9 Å². The van der Waals surface area contributed by atoms with Crippen molar-refractivity contribution < 1.29 is 39.8 Å². The SMILES string of the molecule is Cc1cc(O)cc(O[C@@H]2O[C@H](CO)[C@@H](O)[C@H](O)[C@H]2O)c1Cc1ccc(NC(=O)NCc2cccnc2)cc1. The number of rotatable bonds is 8. The van der Waals surface area contributed by atoms with Gasteiger partial charge in [0.25, 0.3) is 0 Å². The minimum Gasteiger partial charge on any atom is -0.508 e. The number of phenolic OH excluding ortho intramolecular Hbond substituents is 1. The molecule has 2 heterocycles. The number of aliphatic hydroxyl groups excluding tert-OH is 4. The summed E-state index contributed by atoms with van der Waals surface area (Å²) in [5.41, 5.74) is 3.75. The van der Waals surface area contributed by atoms with Gasteiger partial charge in [-0.1, -0.05) is 18.2 Å². The Hall–Kier alpha value is -3.74. The lowest BCUT2D eigenvalue weighted by Crippen LogP contribution is -2.60. The summed E-state index contributed by atoms with van der Waals surface area (Å²) < 4.78 is 11.3. The molecule has 2 aromatic carbocycles. The number of amides is 2. The maximum absolute atomic E-state index is 12.2. The Kier molecular flexibility index (Phi) is 8.77. The summed E-state index contributed by atoms with van der Waals surface area (Å²) in [5.74, 6) is 0.145. The smallest absolute Gasteiger partial charge is 0.319 e. The van der Waals surface area contributed by atoms with Gasteiger partial charge < -0.3 is 45.6 Å². The number of hydrogen-bond donors (Lipinski definition) is 7. The quantitative estimate of drug-likeness (QED) is 0.228. The molecule has 2 amide bonds. The molecule has 1 aliphatic heterocycles. The Morgan fingerprint density at radius 3 is 2.50 bits per heavy atom. The van der Waals surface area contributed by atoms with Crippen LogP contribution in [0.25, 0.3) is 0 Å². The van der Waals surface area contributed by atoms with Crippen LogP contribution >= 0.6 is 0 Å². The third-order valence-corrected chi connectivity index (χ3v) is 6.28. The van der Waals surface area contributed by atoms with Crippen LogP contribution in [0.1, 0.15) is 22.3 Å². The second-order valence-electron chi connectivity index (χ2n) is 9.10. The molecule has 3 aromatic rings. The van der Waals surface area contributed by atoms with Gasteiger partial charge >= 0.3 is 6.03 Å². The fraction of sp³-hybridized carbons (Fsp3) is 0.333. The van der Waals surface area contributed by atoms with E-state index in [2.05, 4.69) is 15.6 Å². The predicted molar refractivity (Wildman–Crippen MR) is 137 cm³/mol. The molecule has 1 saturated heterocycles. The molecule has 7 N–H and O–H groups in total. The Balaban J connectivity index is 1.43. The summed E-state index contributed by atoms with van der Waals surface area (Å²) in [6.07, 6.45) is -3.47. The number of hydrogen-bond acceptors (Lipinski definition) is 9. The van der Waals surface area contributed by atoms with Crippen LogP contribution in [0.3, 0.4) is 0 Å². The number of aromatic nitrogens is 1. The van der Waals surface area contributed by atoms with Crippen LogP contribution in [0, 0.1) is 6.92 Å². The van der Waals surface area contributed by atoms with Gasteiger partial charge in [0.15, 0.2) is 0 Å². The summed E-state index contributed by atoms with van der Waals surface area (Å²) in [4.78, 5) is 16.2. The number of aromatic hydroxyl groups is 1. The van der Waals surface area contributed by atoms with Gasteiger partial charge in [0.05, 0.1) is 6.61 Å². The van der Waals surface area contributed by atoms with Gasteiger partial charge in [0, 0.05) is 42.7 Å². The van der Waals surface area contributed by atoms with Gasteiger partial charge in [-0.3, -0.25) is 4.98 Å². The minimum atomic E-state index is -1.59. The zero-order chi connectivity index (χ0) is 27.2. The number of aliphatic hydroxyl groups is 4. The molecule has 202 valence electrons. The van der Waals surface area contributed by atoms with Crippen molar-refractivity contribution in [2.24, 2.45) is 0 Å². The van der Waals surface area contributed by atoms with E-state index in [9.17, 15) is 30.3 Å². The normalized spacial score (nSPS) is 23.0. The number of urea groups is 1. The molecule has 38 heavy (non-hydrogen) atoms. The average Bonchev–Trinajstić information content (AvgIpc) is 2.91. The molecule has 1 aromatic heterocycles. The van der Waals surface area contributed by atoms with Gasteiger partial charge in [-0.2, -0.15) is 0 Å².